The van der Waals surface area contributed by atoms with E-state index in [1.807, 2.05) is 24.0 Å². The maximum absolute atomic E-state index is 12.6. The van der Waals surface area contributed by atoms with Crippen LogP contribution < -0.4 is 0 Å². The molecule has 0 spiro atoms. The summed E-state index contributed by atoms with van der Waals surface area (Å²) in [6, 6.07) is 3.67. The number of hydrogen-bond donors (Lipinski definition) is 0. The molecule has 0 aliphatic carbocycles. The van der Waals surface area contributed by atoms with Gasteiger partial charge in [-0.25, -0.2) is 0 Å². The lowest BCUT2D eigenvalue weighted by molar-refractivity contribution is -0.159. The van der Waals surface area contributed by atoms with Crippen molar-refractivity contribution in [2.75, 3.05) is 6.54 Å². The summed E-state index contributed by atoms with van der Waals surface area (Å²) in [5.74, 6) is -1.55. The SMILES string of the molecule is CC(c1ccncc1)N1C=C(c2noc(C(F)(F)F)n2)C=C(Cl)C1. The Bertz CT molecular complexity index is 786. The maximum atomic E-state index is 12.6. The van der Waals surface area contributed by atoms with Crippen LogP contribution in [0.3, 0.4) is 0 Å². The largest absolute Gasteiger partial charge is 0.471 e. The van der Waals surface area contributed by atoms with Gasteiger partial charge in [-0.05, 0) is 30.7 Å². The molecule has 0 saturated heterocycles. The Hall–Kier alpha value is -2.35. The summed E-state index contributed by atoms with van der Waals surface area (Å²) in [6.45, 7) is 2.38. The molecule has 1 unspecified atom stereocenters. The fourth-order valence-corrected chi connectivity index (χ4v) is 2.57. The molecule has 0 bridgehead atoms. The van der Waals surface area contributed by atoms with Gasteiger partial charge in [0.15, 0.2) is 0 Å². The van der Waals surface area contributed by atoms with E-state index >= 15 is 0 Å². The first-order valence-electron chi connectivity index (χ1n) is 6.99. The van der Waals surface area contributed by atoms with Crippen LogP contribution in [0.2, 0.25) is 0 Å². The standard InChI is InChI=1S/C15H12ClF3N4O/c1-9(10-2-4-20-5-3-10)23-7-11(6-12(16)8-23)13-21-14(24-22-13)15(17,18)19/h2-7,9H,8H2,1H3. The van der Waals surface area contributed by atoms with Crippen molar-refractivity contribution >= 4 is 17.2 Å². The Morgan fingerprint density at radius 2 is 2.00 bits per heavy atom. The first-order valence-corrected chi connectivity index (χ1v) is 7.37. The third-order valence-corrected chi connectivity index (χ3v) is 3.79. The molecule has 0 radical (unpaired) electrons. The van der Waals surface area contributed by atoms with Crippen LogP contribution in [0.4, 0.5) is 13.2 Å². The molecule has 2 aromatic rings. The lowest BCUT2D eigenvalue weighted by atomic mass is 10.1. The van der Waals surface area contributed by atoms with Gasteiger partial charge in [0.05, 0.1) is 12.6 Å². The minimum Gasteiger partial charge on any atom is -0.365 e. The van der Waals surface area contributed by atoms with Crippen molar-refractivity contribution in [3.05, 3.63) is 59.1 Å². The topological polar surface area (TPSA) is 55.1 Å². The molecule has 0 fully saturated rings. The van der Waals surface area contributed by atoms with Crippen LogP contribution in [0.15, 0.2) is 46.4 Å². The van der Waals surface area contributed by atoms with Crippen LogP contribution in [0.25, 0.3) is 5.57 Å². The second-order valence-electron chi connectivity index (χ2n) is 5.23. The summed E-state index contributed by atoms with van der Waals surface area (Å²) in [6.07, 6.45) is 1.86. The third kappa shape index (κ3) is 3.43. The summed E-state index contributed by atoms with van der Waals surface area (Å²) in [5.41, 5.74) is 1.35. The van der Waals surface area contributed by atoms with E-state index in [0.717, 1.165) is 5.56 Å². The van der Waals surface area contributed by atoms with E-state index in [2.05, 4.69) is 19.6 Å². The van der Waals surface area contributed by atoms with Crippen LogP contribution in [0.1, 0.15) is 30.2 Å². The molecule has 2 aromatic heterocycles. The zero-order chi connectivity index (χ0) is 17.3. The molecule has 3 heterocycles. The molecule has 1 aliphatic heterocycles. The van der Waals surface area contributed by atoms with Crippen LogP contribution >= 0.6 is 11.6 Å². The smallest absolute Gasteiger partial charge is 0.365 e. The molecular formula is C15H12ClF3N4O. The molecule has 0 saturated carbocycles. The minimum atomic E-state index is -4.68. The zero-order valence-corrected chi connectivity index (χ0v) is 13.2. The molecule has 1 atom stereocenters. The highest BCUT2D eigenvalue weighted by Crippen LogP contribution is 2.32. The van der Waals surface area contributed by atoms with Gasteiger partial charge in [0.25, 0.3) is 0 Å². The number of rotatable bonds is 3. The zero-order valence-electron chi connectivity index (χ0n) is 12.5. The van der Waals surface area contributed by atoms with Crippen LogP contribution in [-0.2, 0) is 6.18 Å². The van der Waals surface area contributed by atoms with E-state index < -0.39 is 12.1 Å². The Balaban J connectivity index is 1.90. The average molecular weight is 357 g/mol. The molecule has 0 N–H and O–H groups in total. The van der Waals surface area contributed by atoms with Gasteiger partial charge in [-0.15, -0.1) is 0 Å². The van der Waals surface area contributed by atoms with Gasteiger partial charge in [-0.2, -0.15) is 18.2 Å². The fraction of sp³-hybridized carbons (Fsp3) is 0.267. The molecule has 126 valence electrons. The monoisotopic (exact) mass is 356 g/mol. The number of allylic oxidation sites excluding steroid dienone is 2. The molecular weight excluding hydrogens is 345 g/mol. The molecule has 5 nitrogen and oxygen atoms in total. The van der Waals surface area contributed by atoms with Crippen LogP contribution in [0, 0.1) is 0 Å². The first kappa shape index (κ1) is 16.5. The van der Waals surface area contributed by atoms with Crippen LogP contribution in [0.5, 0.6) is 0 Å². The highest BCUT2D eigenvalue weighted by molar-refractivity contribution is 6.30. The summed E-state index contributed by atoms with van der Waals surface area (Å²) in [4.78, 5) is 9.25. The lowest BCUT2D eigenvalue weighted by Crippen LogP contribution is -2.25. The summed E-state index contributed by atoms with van der Waals surface area (Å²) < 4.78 is 42.1. The third-order valence-electron chi connectivity index (χ3n) is 3.56. The van der Waals surface area contributed by atoms with Gasteiger partial charge in [-0.1, -0.05) is 16.8 Å². The number of nitrogens with zero attached hydrogens (tertiary/aromatic N) is 4. The van der Waals surface area contributed by atoms with Gasteiger partial charge < -0.3 is 9.42 Å². The number of pyridine rings is 1. The molecule has 9 heteroatoms. The molecule has 3 rings (SSSR count). The number of hydrogen-bond acceptors (Lipinski definition) is 5. The predicted octanol–water partition coefficient (Wildman–Crippen LogP) is 4.02. The van der Waals surface area contributed by atoms with Gasteiger partial charge in [0.2, 0.25) is 5.82 Å². The van der Waals surface area contributed by atoms with Crippen LogP contribution in [-0.4, -0.2) is 26.6 Å². The van der Waals surface area contributed by atoms with E-state index in [1.54, 1.807) is 18.6 Å². The number of halogens is 4. The van der Waals surface area contributed by atoms with Crippen molar-refractivity contribution in [1.29, 1.82) is 0 Å². The normalized spacial score (nSPS) is 16.6. The van der Waals surface area contributed by atoms with Crippen molar-refractivity contribution in [3.8, 4) is 0 Å². The first-order chi connectivity index (χ1) is 11.3. The summed E-state index contributed by atoms with van der Waals surface area (Å²) >= 11 is 6.14. The Morgan fingerprint density at radius 1 is 1.29 bits per heavy atom. The van der Waals surface area contributed by atoms with Gasteiger partial charge >= 0.3 is 12.1 Å². The van der Waals surface area contributed by atoms with Crippen molar-refractivity contribution in [2.45, 2.75) is 19.1 Å². The Kier molecular flexibility index (Phi) is 4.31. The van der Waals surface area contributed by atoms with Crippen molar-refractivity contribution < 1.29 is 17.7 Å². The van der Waals surface area contributed by atoms with E-state index in [9.17, 15) is 13.2 Å². The van der Waals surface area contributed by atoms with Gasteiger partial charge in [0, 0.05) is 29.2 Å². The Morgan fingerprint density at radius 3 is 2.62 bits per heavy atom. The summed E-state index contributed by atoms with van der Waals surface area (Å²) in [7, 11) is 0. The molecule has 0 aromatic carbocycles. The minimum absolute atomic E-state index is 0.0561. The van der Waals surface area contributed by atoms with E-state index in [-0.39, 0.29) is 11.9 Å². The van der Waals surface area contributed by atoms with Gasteiger partial charge in [0.1, 0.15) is 0 Å². The number of alkyl halides is 3. The van der Waals surface area contributed by atoms with Gasteiger partial charge in [-0.3, -0.25) is 4.98 Å². The van der Waals surface area contributed by atoms with Crippen molar-refractivity contribution in [3.63, 3.8) is 0 Å². The highest BCUT2D eigenvalue weighted by atomic mass is 35.5. The molecule has 0 amide bonds. The second kappa shape index (κ2) is 6.27. The highest BCUT2D eigenvalue weighted by Gasteiger charge is 2.38. The second-order valence-corrected chi connectivity index (χ2v) is 5.71. The summed E-state index contributed by atoms with van der Waals surface area (Å²) in [5, 5.41) is 3.86. The lowest BCUT2D eigenvalue weighted by Gasteiger charge is -2.30. The van der Waals surface area contributed by atoms with Crippen molar-refractivity contribution in [1.82, 2.24) is 20.0 Å². The molecule has 1 aliphatic rings. The van der Waals surface area contributed by atoms with E-state index in [0.29, 0.717) is 17.2 Å². The molecule has 24 heavy (non-hydrogen) atoms. The quantitative estimate of drug-likeness (QED) is 0.831. The maximum Gasteiger partial charge on any atom is 0.471 e. The van der Waals surface area contributed by atoms with E-state index in [1.165, 1.54) is 6.08 Å². The fourth-order valence-electron chi connectivity index (χ4n) is 2.31. The number of aromatic nitrogens is 3. The Labute approximate surface area is 140 Å². The predicted molar refractivity (Wildman–Crippen MR) is 80.6 cm³/mol. The van der Waals surface area contributed by atoms with E-state index in [4.69, 9.17) is 11.6 Å². The average Bonchev–Trinajstić information content (AvgIpc) is 3.05. The van der Waals surface area contributed by atoms with Crippen molar-refractivity contribution in [2.24, 2.45) is 0 Å².